The molecule has 7 heteroatoms. The van der Waals surface area contributed by atoms with Gasteiger partial charge in [0.25, 0.3) is 5.91 Å². The van der Waals surface area contributed by atoms with Gasteiger partial charge in [-0.3, -0.25) is 9.78 Å². The molecule has 0 spiro atoms. The van der Waals surface area contributed by atoms with E-state index in [1.54, 1.807) is 0 Å². The molecule has 0 atom stereocenters. The second kappa shape index (κ2) is 6.75. The number of hydrogen-bond donors (Lipinski definition) is 2. The summed E-state index contributed by atoms with van der Waals surface area (Å²) < 4.78 is 35.7. The van der Waals surface area contributed by atoms with E-state index in [4.69, 9.17) is 5.11 Å². The summed E-state index contributed by atoms with van der Waals surface area (Å²) in [7, 11) is 0. The summed E-state index contributed by atoms with van der Waals surface area (Å²) in [5.74, 6) is 4.28. The van der Waals surface area contributed by atoms with Gasteiger partial charge in [-0.15, -0.1) is 0 Å². The van der Waals surface area contributed by atoms with Crippen LogP contribution in [-0.4, -0.2) is 35.3 Å². The van der Waals surface area contributed by atoms with Gasteiger partial charge >= 0.3 is 6.18 Å². The second-order valence-corrected chi connectivity index (χ2v) is 3.54. The highest BCUT2D eigenvalue weighted by atomic mass is 19.4. The van der Waals surface area contributed by atoms with E-state index in [0.717, 1.165) is 0 Å². The molecule has 1 aromatic rings. The number of nitrogens with one attached hydrogen (secondary N) is 1. The normalized spacial score (nSPS) is 10.5. The van der Waals surface area contributed by atoms with E-state index < -0.39 is 25.0 Å². The van der Waals surface area contributed by atoms with Crippen molar-refractivity contribution < 1.29 is 23.1 Å². The number of pyridine rings is 1. The van der Waals surface area contributed by atoms with E-state index in [0.29, 0.717) is 5.56 Å². The number of nitrogens with zero attached hydrogens (tertiary/aromatic N) is 1. The second-order valence-electron chi connectivity index (χ2n) is 3.54. The molecule has 0 aliphatic carbocycles. The van der Waals surface area contributed by atoms with Crippen molar-refractivity contribution >= 4 is 5.91 Å². The predicted octanol–water partition coefficient (Wildman–Crippen LogP) is 1.11. The fraction of sp³-hybridized carbons (Fsp3) is 0.333. The fourth-order valence-corrected chi connectivity index (χ4v) is 1.19. The van der Waals surface area contributed by atoms with Crippen molar-refractivity contribution in [3.63, 3.8) is 0 Å². The zero-order chi connectivity index (χ0) is 14.3. The Morgan fingerprint density at radius 3 is 2.79 bits per heavy atom. The Hall–Kier alpha value is -2.07. The van der Waals surface area contributed by atoms with E-state index in [-0.39, 0.29) is 12.2 Å². The topological polar surface area (TPSA) is 62.2 Å². The van der Waals surface area contributed by atoms with Crippen molar-refractivity contribution in [2.75, 3.05) is 13.2 Å². The minimum atomic E-state index is -4.31. The number of aliphatic hydroxyl groups excluding tert-OH is 1. The number of aliphatic hydroxyl groups is 1. The van der Waals surface area contributed by atoms with Crippen LogP contribution in [0.4, 0.5) is 13.2 Å². The number of amides is 1. The minimum Gasteiger partial charge on any atom is -0.384 e. The molecule has 4 nitrogen and oxygen atoms in total. The predicted molar refractivity (Wildman–Crippen MR) is 61.2 cm³/mol. The number of hydrogen-bond acceptors (Lipinski definition) is 3. The summed E-state index contributed by atoms with van der Waals surface area (Å²) in [6.07, 6.45) is -2.78. The molecular formula is C12H11F3N2O2. The molecule has 0 aromatic carbocycles. The SMILES string of the molecule is O=C(NCCC(F)(F)F)c1cncc(C#CCO)c1. The molecule has 0 aliphatic rings. The first-order chi connectivity index (χ1) is 8.92. The molecule has 19 heavy (non-hydrogen) atoms. The van der Waals surface area contributed by atoms with Crippen LogP contribution in [0.3, 0.4) is 0 Å². The lowest BCUT2D eigenvalue weighted by molar-refractivity contribution is -0.132. The summed E-state index contributed by atoms with van der Waals surface area (Å²) in [4.78, 5) is 15.3. The standard InChI is InChI=1S/C12H11F3N2O2/c13-12(14,15)3-4-17-11(19)10-6-9(2-1-5-18)7-16-8-10/h6-8,18H,3-5H2,(H,17,19). The van der Waals surface area contributed by atoms with Gasteiger partial charge in [-0.25, -0.2) is 0 Å². The lowest BCUT2D eigenvalue weighted by Gasteiger charge is -2.07. The van der Waals surface area contributed by atoms with Crippen LogP contribution in [0.25, 0.3) is 0 Å². The van der Waals surface area contributed by atoms with E-state index in [1.807, 2.05) is 0 Å². The van der Waals surface area contributed by atoms with Gasteiger partial charge in [0.2, 0.25) is 0 Å². The summed E-state index contributed by atoms with van der Waals surface area (Å²) in [6.45, 7) is -0.823. The molecule has 1 amide bonds. The van der Waals surface area contributed by atoms with Gasteiger partial charge in [-0.2, -0.15) is 13.2 Å². The Morgan fingerprint density at radius 1 is 1.42 bits per heavy atom. The van der Waals surface area contributed by atoms with Crippen molar-refractivity contribution in [3.05, 3.63) is 29.6 Å². The molecule has 0 radical (unpaired) electrons. The molecule has 0 fully saturated rings. The lowest BCUT2D eigenvalue weighted by Crippen LogP contribution is -2.28. The Morgan fingerprint density at radius 2 is 2.16 bits per heavy atom. The zero-order valence-corrected chi connectivity index (χ0v) is 9.79. The van der Waals surface area contributed by atoms with E-state index in [9.17, 15) is 18.0 Å². The Kier molecular flexibility index (Phi) is 5.33. The molecule has 0 aliphatic heterocycles. The van der Waals surface area contributed by atoms with Crippen LogP contribution in [0.1, 0.15) is 22.3 Å². The Bertz CT molecular complexity index is 504. The average molecular weight is 272 g/mol. The van der Waals surface area contributed by atoms with Crippen LogP contribution in [0.15, 0.2) is 18.5 Å². The summed E-state index contributed by atoms with van der Waals surface area (Å²) >= 11 is 0. The molecule has 1 heterocycles. The van der Waals surface area contributed by atoms with Crippen molar-refractivity contribution in [1.29, 1.82) is 0 Å². The van der Waals surface area contributed by atoms with Crippen LogP contribution in [0, 0.1) is 11.8 Å². The van der Waals surface area contributed by atoms with Gasteiger partial charge in [0, 0.05) is 24.5 Å². The Labute approximate surface area is 107 Å². The van der Waals surface area contributed by atoms with E-state index in [1.165, 1.54) is 18.5 Å². The smallest absolute Gasteiger partial charge is 0.384 e. The summed E-state index contributed by atoms with van der Waals surface area (Å²) in [5.41, 5.74) is 0.518. The number of aromatic nitrogens is 1. The summed E-state index contributed by atoms with van der Waals surface area (Å²) in [5, 5.41) is 10.7. The first-order valence-electron chi connectivity index (χ1n) is 5.32. The molecule has 2 N–H and O–H groups in total. The molecule has 0 unspecified atom stereocenters. The number of rotatable bonds is 3. The highest BCUT2D eigenvalue weighted by Crippen LogP contribution is 2.18. The van der Waals surface area contributed by atoms with Crippen LogP contribution >= 0.6 is 0 Å². The van der Waals surface area contributed by atoms with E-state index >= 15 is 0 Å². The monoisotopic (exact) mass is 272 g/mol. The molecule has 102 valence electrons. The average Bonchev–Trinajstić information content (AvgIpc) is 2.35. The Balaban J connectivity index is 2.62. The van der Waals surface area contributed by atoms with Crippen LogP contribution in [-0.2, 0) is 0 Å². The highest BCUT2D eigenvalue weighted by molar-refractivity contribution is 5.94. The summed E-state index contributed by atoms with van der Waals surface area (Å²) in [6, 6.07) is 1.39. The molecule has 1 rings (SSSR count). The molecule has 0 saturated carbocycles. The molecule has 0 saturated heterocycles. The molecule has 1 aromatic heterocycles. The molecule has 0 bridgehead atoms. The van der Waals surface area contributed by atoms with Crippen LogP contribution in [0.2, 0.25) is 0 Å². The number of halogens is 3. The third-order valence-electron chi connectivity index (χ3n) is 2.01. The van der Waals surface area contributed by atoms with Crippen LogP contribution < -0.4 is 5.32 Å². The van der Waals surface area contributed by atoms with Crippen molar-refractivity contribution in [2.45, 2.75) is 12.6 Å². The lowest BCUT2D eigenvalue weighted by atomic mass is 10.2. The first kappa shape index (κ1) is 15.0. The number of alkyl halides is 3. The van der Waals surface area contributed by atoms with Crippen LogP contribution in [0.5, 0.6) is 0 Å². The number of carbonyl (C=O) groups excluding carboxylic acids is 1. The third-order valence-corrected chi connectivity index (χ3v) is 2.01. The van der Waals surface area contributed by atoms with E-state index in [2.05, 4.69) is 22.1 Å². The van der Waals surface area contributed by atoms with Gasteiger partial charge in [-0.1, -0.05) is 11.8 Å². The molecular weight excluding hydrogens is 261 g/mol. The van der Waals surface area contributed by atoms with Crippen molar-refractivity contribution in [2.24, 2.45) is 0 Å². The minimum absolute atomic E-state index is 0.118. The maximum absolute atomic E-state index is 11.9. The van der Waals surface area contributed by atoms with Gasteiger partial charge < -0.3 is 10.4 Å². The van der Waals surface area contributed by atoms with Gasteiger partial charge in [0.1, 0.15) is 6.61 Å². The fourth-order valence-electron chi connectivity index (χ4n) is 1.19. The van der Waals surface area contributed by atoms with Gasteiger partial charge in [0.15, 0.2) is 0 Å². The maximum Gasteiger partial charge on any atom is 0.390 e. The largest absolute Gasteiger partial charge is 0.390 e. The van der Waals surface area contributed by atoms with Crippen molar-refractivity contribution in [1.82, 2.24) is 10.3 Å². The third kappa shape index (κ3) is 5.88. The van der Waals surface area contributed by atoms with Crippen molar-refractivity contribution in [3.8, 4) is 11.8 Å². The first-order valence-corrected chi connectivity index (χ1v) is 5.32. The highest BCUT2D eigenvalue weighted by Gasteiger charge is 2.26. The zero-order valence-electron chi connectivity index (χ0n) is 9.79. The number of carbonyl (C=O) groups is 1. The quantitative estimate of drug-likeness (QED) is 0.810. The van der Waals surface area contributed by atoms with Gasteiger partial charge in [0.05, 0.1) is 12.0 Å². The maximum atomic E-state index is 11.9. The van der Waals surface area contributed by atoms with Gasteiger partial charge in [-0.05, 0) is 6.07 Å².